The van der Waals surface area contributed by atoms with Crippen LogP contribution in [0.25, 0.3) is 5.76 Å². The molecule has 0 radical (unpaired) electrons. The van der Waals surface area contributed by atoms with Crippen LogP contribution in [-0.2, 0) is 25.6 Å². The lowest BCUT2D eigenvalue weighted by Crippen LogP contribution is -2.65. The number of phenols is 1. The molecule has 1 saturated carbocycles. The van der Waals surface area contributed by atoms with Crippen molar-refractivity contribution in [2.24, 2.45) is 17.6 Å². The van der Waals surface area contributed by atoms with Gasteiger partial charge in [-0.1, -0.05) is 7.43 Å². The molecule has 6 N–H and O–H groups in total. The summed E-state index contributed by atoms with van der Waals surface area (Å²) < 4.78 is 0. The third-order valence-electron chi connectivity index (χ3n) is 7.45. The Labute approximate surface area is 218 Å². The van der Waals surface area contributed by atoms with Crippen LogP contribution < -0.4 is 5.73 Å². The molecule has 3 aliphatic rings. The van der Waals surface area contributed by atoms with Crippen LogP contribution in [0.1, 0.15) is 35.3 Å². The molecule has 12 nitrogen and oxygen atoms in total. The molecule has 38 heavy (non-hydrogen) atoms. The highest BCUT2D eigenvalue weighted by Gasteiger charge is 2.64. The number of ketones is 3. The third kappa shape index (κ3) is 3.71. The van der Waals surface area contributed by atoms with Crippen molar-refractivity contribution in [1.82, 2.24) is 9.80 Å². The van der Waals surface area contributed by atoms with Gasteiger partial charge in [-0.2, -0.15) is 0 Å². The third-order valence-corrected chi connectivity index (χ3v) is 7.45. The van der Waals surface area contributed by atoms with E-state index in [1.54, 1.807) is 0 Å². The first kappa shape index (κ1) is 28.5. The van der Waals surface area contributed by atoms with Crippen molar-refractivity contribution >= 4 is 34.9 Å². The molecular formula is C26H31N3O9. The number of carbonyl (C=O) groups is 5. The van der Waals surface area contributed by atoms with Crippen molar-refractivity contribution in [1.29, 1.82) is 0 Å². The van der Waals surface area contributed by atoms with Crippen LogP contribution in [0.15, 0.2) is 29.0 Å². The zero-order valence-electron chi connectivity index (χ0n) is 20.6. The van der Waals surface area contributed by atoms with Gasteiger partial charge in [0, 0.05) is 31.1 Å². The fourth-order valence-electron chi connectivity index (χ4n) is 5.78. The number of hydrogen-bond donors (Lipinski definition) is 5. The van der Waals surface area contributed by atoms with Crippen LogP contribution in [-0.4, -0.2) is 99.2 Å². The molecule has 0 heterocycles. The van der Waals surface area contributed by atoms with Gasteiger partial charge in [-0.3, -0.25) is 28.9 Å². The molecule has 4 atom stereocenters. The first-order valence-corrected chi connectivity index (χ1v) is 11.4. The average Bonchev–Trinajstić information content (AvgIpc) is 2.80. The molecule has 0 bridgehead atoms. The fourth-order valence-corrected chi connectivity index (χ4v) is 5.78. The number of Topliss-reactive ketones (excluding diaryl/α,β-unsaturated/α-hetero) is 3. The van der Waals surface area contributed by atoms with Crippen molar-refractivity contribution in [3.8, 4) is 5.75 Å². The first-order valence-electron chi connectivity index (χ1n) is 11.4. The number of benzene rings is 1. The predicted molar refractivity (Wildman–Crippen MR) is 134 cm³/mol. The molecule has 4 rings (SSSR count). The van der Waals surface area contributed by atoms with E-state index in [0.29, 0.717) is 0 Å². The fraction of sp³-hybridized carbons (Fsp3) is 0.423. The van der Waals surface area contributed by atoms with E-state index in [-0.39, 0.29) is 42.5 Å². The lowest BCUT2D eigenvalue weighted by molar-refractivity contribution is -0.153. The minimum absolute atomic E-state index is 0. The van der Waals surface area contributed by atoms with E-state index >= 15 is 0 Å². The van der Waals surface area contributed by atoms with E-state index in [0.717, 1.165) is 11.0 Å². The predicted octanol–water partition coefficient (Wildman–Crippen LogP) is -0.129. The summed E-state index contributed by atoms with van der Waals surface area (Å²) in [5, 5.41) is 44.1. The maximum atomic E-state index is 13.8. The van der Waals surface area contributed by atoms with Crippen LogP contribution in [0.3, 0.4) is 0 Å². The number of fused-ring (bicyclic) bond motifs is 3. The second kappa shape index (κ2) is 9.37. The first-order chi connectivity index (χ1) is 17.2. The van der Waals surface area contributed by atoms with Crippen LogP contribution in [0.5, 0.6) is 5.75 Å². The Kier molecular flexibility index (Phi) is 7.04. The second-order valence-corrected chi connectivity index (χ2v) is 9.98. The molecule has 1 aromatic carbocycles. The standard InChI is InChI=1S/C25H27N3O9.CH4/c1-27(2)17-12-8-9-7-11-10(18(30)24(36)28(3)4)5-6-13(29)15(11)19(31)14(9)21(33)25(12,37)22(34)16(20(17)32)23(26)35;/h5-6,9,12,17,29,31,34,37H,7-8H2,1-4H3,(H2,26,35);1H4/t9-,12-,17?,25-;/m0./s1. The maximum absolute atomic E-state index is 13.8. The second-order valence-electron chi connectivity index (χ2n) is 9.98. The van der Waals surface area contributed by atoms with Gasteiger partial charge in [0.2, 0.25) is 5.78 Å². The van der Waals surface area contributed by atoms with Crippen molar-refractivity contribution in [2.75, 3.05) is 28.2 Å². The number of aliphatic hydroxyl groups excluding tert-OH is 2. The number of aromatic hydroxyl groups is 1. The van der Waals surface area contributed by atoms with E-state index < -0.39 is 75.5 Å². The van der Waals surface area contributed by atoms with Crippen LogP contribution in [0.2, 0.25) is 0 Å². The summed E-state index contributed by atoms with van der Waals surface area (Å²) in [5.74, 6) is -9.57. The normalized spacial score (nSPS) is 26.3. The Bertz CT molecular complexity index is 1360. The highest BCUT2D eigenvalue weighted by molar-refractivity contribution is 6.43. The summed E-state index contributed by atoms with van der Waals surface area (Å²) >= 11 is 0. The number of primary amides is 1. The van der Waals surface area contributed by atoms with Gasteiger partial charge in [0.25, 0.3) is 17.6 Å². The van der Waals surface area contributed by atoms with Gasteiger partial charge in [0.05, 0.1) is 11.6 Å². The highest BCUT2D eigenvalue weighted by atomic mass is 16.3. The summed E-state index contributed by atoms with van der Waals surface area (Å²) in [6, 6.07) is 1.12. The number of rotatable bonds is 4. The van der Waals surface area contributed by atoms with Crippen molar-refractivity contribution in [3.63, 3.8) is 0 Å². The molecule has 0 aromatic heterocycles. The van der Waals surface area contributed by atoms with Crippen LogP contribution in [0.4, 0.5) is 0 Å². The van der Waals surface area contributed by atoms with E-state index in [1.165, 1.54) is 39.2 Å². The lowest BCUT2D eigenvalue weighted by atomic mass is 9.57. The van der Waals surface area contributed by atoms with Crippen LogP contribution >= 0.6 is 0 Å². The highest BCUT2D eigenvalue weighted by Crippen LogP contribution is 2.52. The molecule has 2 amide bonds. The molecule has 204 valence electrons. The van der Waals surface area contributed by atoms with E-state index in [2.05, 4.69) is 0 Å². The zero-order valence-corrected chi connectivity index (χ0v) is 20.6. The van der Waals surface area contributed by atoms with Gasteiger partial charge < -0.3 is 31.1 Å². The number of phenolic OH excluding ortho intramolecular Hbond substituents is 1. The van der Waals surface area contributed by atoms with Gasteiger partial charge in [0.1, 0.15) is 22.8 Å². The average molecular weight is 530 g/mol. The number of nitrogens with zero attached hydrogens (tertiary/aromatic N) is 2. The lowest BCUT2D eigenvalue weighted by Gasteiger charge is -2.50. The number of amides is 2. The smallest absolute Gasteiger partial charge is 0.294 e. The van der Waals surface area contributed by atoms with Crippen molar-refractivity contribution in [2.45, 2.75) is 31.9 Å². The summed E-state index contributed by atoms with van der Waals surface area (Å²) in [6.45, 7) is 0. The molecule has 0 spiro atoms. The summed E-state index contributed by atoms with van der Waals surface area (Å²) in [7, 11) is 5.78. The van der Waals surface area contributed by atoms with Gasteiger partial charge in [-0.25, -0.2) is 0 Å². The SMILES string of the molecule is C.CN(C)C(=O)C(=O)c1ccc(O)c2c1C[C@H]1C[C@H]3C(N(C)C)C(=O)C(C(N)=O)=C(O)[C@@]3(O)C(=O)C1=C2O. The Balaban J connectivity index is 0.00000400. The van der Waals surface area contributed by atoms with Gasteiger partial charge >= 0.3 is 0 Å². The van der Waals surface area contributed by atoms with Crippen molar-refractivity contribution < 1.29 is 44.4 Å². The van der Waals surface area contributed by atoms with Gasteiger partial charge in [0.15, 0.2) is 11.4 Å². The number of aliphatic hydroxyl groups is 3. The number of nitrogens with two attached hydrogens (primary N) is 1. The minimum Gasteiger partial charge on any atom is -0.508 e. The minimum atomic E-state index is -2.76. The summed E-state index contributed by atoms with van der Waals surface area (Å²) in [6.07, 6.45) is -0.221. The number of hydrogen-bond acceptors (Lipinski definition) is 10. The Morgan fingerprint density at radius 2 is 1.66 bits per heavy atom. The topological polar surface area (TPSA) is 199 Å². The molecule has 3 aliphatic carbocycles. The molecule has 1 fully saturated rings. The Morgan fingerprint density at radius 3 is 2.18 bits per heavy atom. The number of carbonyl (C=O) groups excluding carboxylic acids is 5. The molecule has 1 unspecified atom stereocenters. The number of likely N-dealkylation sites (N-methyl/N-ethyl adjacent to an activating group) is 2. The van der Waals surface area contributed by atoms with Gasteiger partial charge in [-0.15, -0.1) is 0 Å². The zero-order chi connectivity index (χ0) is 27.7. The summed E-state index contributed by atoms with van der Waals surface area (Å²) in [5.41, 5.74) is 1.09. The molecule has 0 aliphatic heterocycles. The van der Waals surface area contributed by atoms with E-state index in [1.807, 2.05) is 0 Å². The quantitative estimate of drug-likeness (QED) is 0.199. The van der Waals surface area contributed by atoms with Gasteiger partial charge in [-0.05, 0) is 50.6 Å². The molecule has 12 heteroatoms. The Morgan fingerprint density at radius 1 is 1.05 bits per heavy atom. The van der Waals surface area contributed by atoms with E-state index in [4.69, 9.17) is 5.73 Å². The van der Waals surface area contributed by atoms with Crippen molar-refractivity contribution in [3.05, 3.63) is 45.7 Å². The molecular weight excluding hydrogens is 498 g/mol. The summed E-state index contributed by atoms with van der Waals surface area (Å²) in [4.78, 5) is 66.6. The van der Waals surface area contributed by atoms with Crippen LogP contribution in [0, 0.1) is 11.8 Å². The van der Waals surface area contributed by atoms with E-state index in [9.17, 15) is 44.4 Å². The largest absolute Gasteiger partial charge is 0.508 e. The molecule has 1 aromatic rings. The monoisotopic (exact) mass is 529 g/mol. The Hall–Kier alpha value is -4.03. The molecule has 0 saturated heterocycles. The maximum Gasteiger partial charge on any atom is 0.294 e.